The number of carbonyl (C=O) groups is 1. The Labute approximate surface area is 246 Å². The Morgan fingerprint density at radius 3 is 1.65 bits per heavy atom. The Hall–Kier alpha value is -2.60. The Balaban J connectivity index is 1.91. The minimum atomic E-state index is -0.536. The number of unbranched alkanes of at least 4 members (excludes halogenated alkanes) is 13. The number of ether oxygens (including phenoxy) is 5. The second kappa shape index (κ2) is 19.5. The predicted molar refractivity (Wildman–Crippen MR) is 163 cm³/mol. The molecular formula is C33H49ClO6. The van der Waals surface area contributed by atoms with Gasteiger partial charge in [0.05, 0.1) is 39.0 Å². The maximum atomic E-state index is 13.1. The Kier molecular flexibility index (Phi) is 16.4. The molecule has 0 aliphatic heterocycles. The average Bonchev–Trinajstić information content (AvgIpc) is 2.97. The molecule has 0 aliphatic carbocycles. The molecule has 2 rings (SSSR count). The first kappa shape index (κ1) is 33.6. The van der Waals surface area contributed by atoms with Crippen LogP contribution in [-0.4, -0.2) is 34.4 Å². The lowest BCUT2D eigenvalue weighted by molar-refractivity contribution is 0.0726. The number of carbonyl (C=O) groups excluding carboxylic acids is 1. The van der Waals surface area contributed by atoms with Crippen molar-refractivity contribution in [3.8, 4) is 28.7 Å². The van der Waals surface area contributed by atoms with Crippen LogP contribution in [0.4, 0.5) is 0 Å². The van der Waals surface area contributed by atoms with E-state index in [1.165, 1.54) is 98.4 Å². The summed E-state index contributed by atoms with van der Waals surface area (Å²) in [4.78, 5) is 13.1. The molecule has 0 bridgehead atoms. The van der Waals surface area contributed by atoms with E-state index in [0.29, 0.717) is 45.8 Å². The van der Waals surface area contributed by atoms with Crippen LogP contribution in [0.5, 0.6) is 28.7 Å². The summed E-state index contributed by atoms with van der Waals surface area (Å²) in [5.74, 6) is 1.42. The summed E-state index contributed by atoms with van der Waals surface area (Å²) < 4.78 is 27.6. The van der Waals surface area contributed by atoms with Crippen molar-refractivity contribution in [3.05, 3.63) is 40.4 Å². The summed E-state index contributed by atoms with van der Waals surface area (Å²) in [7, 11) is 6.09. The minimum absolute atomic E-state index is 0.309. The Morgan fingerprint density at radius 2 is 1.15 bits per heavy atom. The van der Waals surface area contributed by atoms with Gasteiger partial charge in [-0.2, -0.15) is 0 Å². The molecule has 0 saturated heterocycles. The molecule has 0 aliphatic rings. The third-order valence-corrected chi connectivity index (χ3v) is 7.52. The number of esters is 1. The fourth-order valence-electron chi connectivity index (χ4n) is 4.94. The van der Waals surface area contributed by atoms with E-state index in [1.54, 1.807) is 25.3 Å². The van der Waals surface area contributed by atoms with Crippen molar-refractivity contribution >= 4 is 17.6 Å². The summed E-state index contributed by atoms with van der Waals surface area (Å²) >= 11 is 6.50. The molecule has 2 aromatic rings. The molecule has 0 amide bonds. The van der Waals surface area contributed by atoms with Crippen LogP contribution in [0.2, 0.25) is 5.02 Å². The fourth-order valence-corrected chi connectivity index (χ4v) is 5.23. The van der Waals surface area contributed by atoms with Gasteiger partial charge in [0.15, 0.2) is 23.0 Å². The lowest BCUT2D eigenvalue weighted by Crippen LogP contribution is -2.12. The molecule has 224 valence electrons. The molecule has 0 fully saturated rings. The van der Waals surface area contributed by atoms with Gasteiger partial charge in [-0.3, -0.25) is 0 Å². The van der Waals surface area contributed by atoms with Crippen molar-refractivity contribution in [1.29, 1.82) is 0 Å². The zero-order valence-corrected chi connectivity index (χ0v) is 26.0. The average molecular weight is 577 g/mol. The smallest absolute Gasteiger partial charge is 0.343 e. The number of rotatable bonds is 21. The first-order valence-electron chi connectivity index (χ1n) is 14.9. The van der Waals surface area contributed by atoms with Crippen LogP contribution in [0.15, 0.2) is 24.3 Å². The third kappa shape index (κ3) is 10.8. The minimum Gasteiger partial charge on any atom is -0.493 e. The summed E-state index contributed by atoms with van der Waals surface area (Å²) in [6, 6.07) is 6.71. The summed E-state index contributed by atoms with van der Waals surface area (Å²) in [6.45, 7) is 2.27. The van der Waals surface area contributed by atoms with E-state index in [4.69, 9.17) is 35.3 Å². The van der Waals surface area contributed by atoms with Crippen LogP contribution < -0.4 is 23.7 Å². The van der Waals surface area contributed by atoms with Gasteiger partial charge in [0.1, 0.15) is 0 Å². The zero-order chi connectivity index (χ0) is 29.2. The Bertz CT molecular complexity index is 1020. The van der Waals surface area contributed by atoms with E-state index in [9.17, 15) is 4.79 Å². The lowest BCUT2D eigenvalue weighted by Gasteiger charge is -2.18. The molecule has 6 nitrogen and oxygen atoms in total. The summed E-state index contributed by atoms with van der Waals surface area (Å²) in [6.07, 6.45) is 18.9. The highest BCUT2D eigenvalue weighted by atomic mass is 35.5. The van der Waals surface area contributed by atoms with Gasteiger partial charge in [0, 0.05) is 5.56 Å². The molecule has 0 N–H and O–H groups in total. The van der Waals surface area contributed by atoms with Crippen molar-refractivity contribution in [2.24, 2.45) is 0 Å². The molecule has 2 aromatic carbocycles. The number of hydrogen-bond acceptors (Lipinski definition) is 6. The first-order valence-corrected chi connectivity index (χ1v) is 15.3. The summed E-state index contributed by atoms with van der Waals surface area (Å²) in [5.41, 5.74) is 1.14. The summed E-state index contributed by atoms with van der Waals surface area (Å²) in [5, 5.41) is 0.422. The largest absolute Gasteiger partial charge is 0.493 e. The van der Waals surface area contributed by atoms with Crippen molar-refractivity contribution in [1.82, 2.24) is 0 Å². The molecule has 0 aromatic heterocycles. The fraction of sp³-hybridized carbons (Fsp3) is 0.606. The van der Waals surface area contributed by atoms with E-state index < -0.39 is 5.97 Å². The van der Waals surface area contributed by atoms with Crippen LogP contribution in [0.1, 0.15) is 113 Å². The Morgan fingerprint density at radius 1 is 0.625 bits per heavy atom. The maximum Gasteiger partial charge on any atom is 0.343 e. The molecule has 0 unspecified atom stereocenters. The second-order valence-corrected chi connectivity index (χ2v) is 10.6. The van der Waals surface area contributed by atoms with Crippen molar-refractivity contribution in [2.75, 3.05) is 28.4 Å². The molecule has 7 heteroatoms. The van der Waals surface area contributed by atoms with E-state index in [1.807, 2.05) is 6.07 Å². The van der Waals surface area contributed by atoms with Crippen LogP contribution in [0.3, 0.4) is 0 Å². The van der Waals surface area contributed by atoms with Gasteiger partial charge in [0.2, 0.25) is 5.75 Å². The van der Waals surface area contributed by atoms with Gasteiger partial charge in [-0.15, -0.1) is 0 Å². The standard InChI is InChI=1S/C33H49ClO6/c1-6-7-8-9-10-11-12-13-14-15-16-17-18-19-20-25-23-27(34)31(38-4)32(39-5)30(25)40-33(35)26-21-22-28(36-2)29(24-26)37-3/h21-24H,6-20H2,1-5H3. The van der Waals surface area contributed by atoms with Crippen LogP contribution >= 0.6 is 11.6 Å². The number of hydrogen-bond donors (Lipinski definition) is 0. The van der Waals surface area contributed by atoms with E-state index >= 15 is 0 Å². The monoisotopic (exact) mass is 576 g/mol. The molecule has 40 heavy (non-hydrogen) atoms. The topological polar surface area (TPSA) is 63.2 Å². The maximum absolute atomic E-state index is 13.1. The SMILES string of the molecule is CCCCCCCCCCCCCCCCc1cc(Cl)c(OC)c(OC)c1OC(=O)c1ccc(OC)c(OC)c1. The highest BCUT2D eigenvalue weighted by Gasteiger charge is 2.24. The van der Waals surface area contributed by atoms with Crippen molar-refractivity contribution in [3.63, 3.8) is 0 Å². The molecule has 0 radical (unpaired) electrons. The van der Waals surface area contributed by atoms with E-state index in [2.05, 4.69) is 6.92 Å². The number of methoxy groups -OCH3 is 4. The van der Waals surface area contributed by atoms with Gasteiger partial charge < -0.3 is 23.7 Å². The molecular weight excluding hydrogens is 528 g/mol. The number of aryl methyl sites for hydroxylation is 1. The van der Waals surface area contributed by atoms with Crippen LogP contribution in [0, 0.1) is 0 Å². The molecule has 0 saturated carbocycles. The van der Waals surface area contributed by atoms with Gasteiger partial charge in [-0.1, -0.05) is 102 Å². The first-order chi connectivity index (χ1) is 19.5. The van der Waals surface area contributed by atoms with Crippen LogP contribution in [0.25, 0.3) is 0 Å². The van der Waals surface area contributed by atoms with Gasteiger partial charge in [-0.25, -0.2) is 4.79 Å². The molecule has 0 spiro atoms. The number of halogens is 1. The van der Waals surface area contributed by atoms with Crippen LogP contribution in [-0.2, 0) is 6.42 Å². The zero-order valence-electron chi connectivity index (χ0n) is 25.2. The van der Waals surface area contributed by atoms with Gasteiger partial charge >= 0.3 is 5.97 Å². The number of benzene rings is 2. The predicted octanol–water partition coefficient (Wildman–Crippen LogP) is 9.62. The highest BCUT2D eigenvalue weighted by molar-refractivity contribution is 6.32. The second-order valence-electron chi connectivity index (χ2n) is 10.2. The molecule has 0 heterocycles. The van der Waals surface area contributed by atoms with E-state index in [0.717, 1.165) is 18.4 Å². The third-order valence-electron chi connectivity index (χ3n) is 7.24. The van der Waals surface area contributed by atoms with Gasteiger partial charge in [0.25, 0.3) is 0 Å². The van der Waals surface area contributed by atoms with Crippen molar-refractivity contribution in [2.45, 2.75) is 103 Å². The highest BCUT2D eigenvalue weighted by Crippen LogP contribution is 2.46. The van der Waals surface area contributed by atoms with E-state index in [-0.39, 0.29) is 0 Å². The van der Waals surface area contributed by atoms with Gasteiger partial charge in [-0.05, 0) is 37.1 Å². The molecule has 0 atom stereocenters. The normalized spacial score (nSPS) is 10.8. The van der Waals surface area contributed by atoms with Crippen molar-refractivity contribution < 1.29 is 28.5 Å². The quantitative estimate of drug-likeness (QED) is 0.0837. The lowest BCUT2D eigenvalue weighted by atomic mass is 10.0.